The zero-order valence-corrected chi connectivity index (χ0v) is 16.8. The second-order valence-corrected chi connectivity index (χ2v) is 6.90. The minimum atomic E-state index is -1.05. The van der Waals surface area contributed by atoms with Crippen LogP contribution >= 0.6 is 0 Å². The van der Waals surface area contributed by atoms with Gasteiger partial charge in [-0.1, -0.05) is 13.8 Å². The number of aliphatic carboxylic acids is 1. The summed E-state index contributed by atoms with van der Waals surface area (Å²) in [7, 11) is 0. The number of carboxylic acids is 1. The van der Waals surface area contributed by atoms with E-state index < -0.39 is 12.1 Å². The molecular formula is C21H25N3O5. The Hall–Kier alpha value is -3.29. The summed E-state index contributed by atoms with van der Waals surface area (Å²) in [6.45, 7) is 6.27. The predicted molar refractivity (Wildman–Crippen MR) is 110 cm³/mol. The van der Waals surface area contributed by atoms with E-state index in [1.54, 1.807) is 45.7 Å². The Kier molecular flexibility index (Phi) is 5.91. The minimum Gasteiger partial charge on any atom is -0.479 e. The first-order valence-corrected chi connectivity index (χ1v) is 9.73. The Bertz CT molecular complexity index is 1140. The van der Waals surface area contributed by atoms with Crippen molar-refractivity contribution >= 4 is 17.0 Å². The lowest BCUT2D eigenvalue weighted by Crippen LogP contribution is -2.40. The van der Waals surface area contributed by atoms with Gasteiger partial charge < -0.3 is 14.4 Å². The van der Waals surface area contributed by atoms with Gasteiger partial charge in [0.05, 0.1) is 5.52 Å². The molecule has 2 heterocycles. The standard InChI is InChI=1S/C21H25N3O5/c1-4-11-23-17-10-13-22(18(17)19(25)24(12-5-2)21(23)28)15-6-8-16(9-7-15)29-14(3)20(26)27/h6-10,13-14H,4-5,11-12H2,1-3H3,(H,26,27). The van der Waals surface area contributed by atoms with Gasteiger partial charge in [0.25, 0.3) is 5.56 Å². The highest BCUT2D eigenvalue weighted by atomic mass is 16.5. The summed E-state index contributed by atoms with van der Waals surface area (Å²) < 4.78 is 10.0. The molecule has 1 aromatic carbocycles. The fourth-order valence-corrected chi connectivity index (χ4v) is 3.33. The number of rotatable bonds is 8. The summed E-state index contributed by atoms with van der Waals surface area (Å²) in [6.07, 6.45) is 2.27. The van der Waals surface area contributed by atoms with Gasteiger partial charge in [-0.25, -0.2) is 9.59 Å². The van der Waals surface area contributed by atoms with Crippen LogP contribution in [0.2, 0.25) is 0 Å². The molecule has 0 aliphatic rings. The van der Waals surface area contributed by atoms with Gasteiger partial charge in [0.15, 0.2) is 6.10 Å². The van der Waals surface area contributed by atoms with Crippen molar-refractivity contribution in [2.24, 2.45) is 0 Å². The maximum atomic E-state index is 13.1. The maximum absolute atomic E-state index is 13.1. The predicted octanol–water partition coefficient (Wildman–Crippen LogP) is 2.63. The third-order valence-corrected chi connectivity index (χ3v) is 4.74. The number of fused-ring (bicyclic) bond motifs is 1. The molecule has 0 saturated carbocycles. The lowest BCUT2D eigenvalue weighted by Gasteiger charge is -2.13. The molecule has 1 atom stereocenters. The quantitative estimate of drug-likeness (QED) is 0.628. The second kappa shape index (κ2) is 8.38. The topological polar surface area (TPSA) is 95.5 Å². The van der Waals surface area contributed by atoms with E-state index in [0.29, 0.717) is 36.3 Å². The molecule has 1 N–H and O–H groups in total. The van der Waals surface area contributed by atoms with E-state index in [4.69, 9.17) is 9.84 Å². The molecule has 3 aromatic rings. The molecule has 0 aliphatic heterocycles. The summed E-state index contributed by atoms with van der Waals surface area (Å²) in [5.41, 5.74) is 1.17. The average Bonchev–Trinajstić information content (AvgIpc) is 3.14. The summed E-state index contributed by atoms with van der Waals surface area (Å²) in [6, 6.07) is 8.60. The smallest absolute Gasteiger partial charge is 0.344 e. The van der Waals surface area contributed by atoms with Crippen LogP contribution in [0.1, 0.15) is 33.6 Å². The first-order chi connectivity index (χ1) is 13.9. The van der Waals surface area contributed by atoms with Crippen LogP contribution in [0.3, 0.4) is 0 Å². The van der Waals surface area contributed by atoms with Crippen LogP contribution in [-0.2, 0) is 17.9 Å². The number of aryl methyl sites for hydroxylation is 1. The summed E-state index contributed by atoms with van der Waals surface area (Å²) in [5, 5.41) is 8.96. The lowest BCUT2D eigenvalue weighted by molar-refractivity contribution is -0.144. The van der Waals surface area contributed by atoms with Crippen LogP contribution in [0, 0.1) is 0 Å². The van der Waals surface area contributed by atoms with Crippen LogP contribution in [0.5, 0.6) is 5.75 Å². The number of aromatic nitrogens is 3. The average molecular weight is 399 g/mol. The molecule has 0 radical (unpaired) electrons. The number of carboxylic acid groups (broad SMARTS) is 1. The maximum Gasteiger partial charge on any atom is 0.344 e. The molecule has 1 unspecified atom stereocenters. The largest absolute Gasteiger partial charge is 0.479 e. The van der Waals surface area contributed by atoms with Crippen molar-refractivity contribution in [3.8, 4) is 11.4 Å². The van der Waals surface area contributed by atoms with Gasteiger partial charge in [0.1, 0.15) is 11.3 Å². The summed E-state index contributed by atoms with van der Waals surface area (Å²) in [5.74, 6) is -0.623. The summed E-state index contributed by atoms with van der Waals surface area (Å²) in [4.78, 5) is 36.8. The lowest BCUT2D eigenvalue weighted by atomic mass is 10.3. The zero-order chi connectivity index (χ0) is 21.1. The fourth-order valence-electron chi connectivity index (χ4n) is 3.33. The Morgan fingerprint density at radius 1 is 1.03 bits per heavy atom. The molecule has 8 heteroatoms. The Balaban J connectivity index is 2.12. The Morgan fingerprint density at radius 3 is 2.24 bits per heavy atom. The van der Waals surface area contributed by atoms with Gasteiger partial charge in [-0.2, -0.15) is 0 Å². The van der Waals surface area contributed by atoms with Gasteiger partial charge in [-0.3, -0.25) is 13.9 Å². The van der Waals surface area contributed by atoms with E-state index in [-0.39, 0.29) is 11.2 Å². The van der Waals surface area contributed by atoms with Crippen LogP contribution in [0.15, 0.2) is 46.1 Å². The monoisotopic (exact) mass is 399 g/mol. The zero-order valence-electron chi connectivity index (χ0n) is 16.8. The third-order valence-electron chi connectivity index (χ3n) is 4.74. The SMILES string of the molecule is CCCn1c(=O)c2c(ccn2-c2ccc(OC(C)C(=O)O)cc2)n(CCC)c1=O. The number of benzene rings is 1. The molecule has 8 nitrogen and oxygen atoms in total. The van der Waals surface area contributed by atoms with E-state index in [0.717, 1.165) is 12.1 Å². The normalized spacial score (nSPS) is 12.2. The highest BCUT2D eigenvalue weighted by molar-refractivity contribution is 5.77. The van der Waals surface area contributed by atoms with Crippen molar-refractivity contribution in [1.82, 2.24) is 13.7 Å². The van der Waals surface area contributed by atoms with Gasteiger partial charge in [-0.05, 0) is 50.1 Å². The van der Waals surface area contributed by atoms with Gasteiger partial charge >= 0.3 is 11.7 Å². The molecule has 29 heavy (non-hydrogen) atoms. The van der Waals surface area contributed by atoms with E-state index >= 15 is 0 Å². The molecule has 2 aromatic heterocycles. The highest BCUT2D eigenvalue weighted by Crippen LogP contribution is 2.21. The fraction of sp³-hybridized carbons (Fsp3) is 0.381. The van der Waals surface area contributed by atoms with Crippen molar-refractivity contribution in [1.29, 1.82) is 0 Å². The highest BCUT2D eigenvalue weighted by Gasteiger charge is 2.17. The number of hydrogen-bond acceptors (Lipinski definition) is 4. The van der Waals surface area contributed by atoms with Gasteiger partial charge in [0.2, 0.25) is 0 Å². The third kappa shape index (κ3) is 3.83. The van der Waals surface area contributed by atoms with Gasteiger partial charge in [-0.15, -0.1) is 0 Å². The Morgan fingerprint density at radius 2 is 1.66 bits per heavy atom. The van der Waals surface area contributed by atoms with Crippen molar-refractivity contribution < 1.29 is 14.6 Å². The van der Waals surface area contributed by atoms with E-state index in [1.165, 1.54) is 11.5 Å². The molecule has 154 valence electrons. The first kappa shape index (κ1) is 20.4. The van der Waals surface area contributed by atoms with Crippen LogP contribution in [-0.4, -0.2) is 30.9 Å². The minimum absolute atomic E-state index is 0.282. The Labute approximate surface area is 167 Å². The van der Waals surface area contributed by atoms with Crippen LogP contribution in [0.25, 0.3) is 16.7 Å². The van der Waals surface area contributed by atoms with E-state index in [2.05, 4.69) is 0 Å². The molecule has 3 rings (SSSR count). The van der Waals surface area contributed by atoms with Crippen LogP contribution in [0.4, 0.5) is 0 Å². The molecule has 0 fully saturated rings. The first-order valence-electron chi connectivity index (χ1n) is 9.73. The molecule has 0 amide bonds. The number of ether oxygens (including phenoxy) is 1. The van der Waals surface area contributed by atoms with Crippen molar-refractivity contribution in [3.63, 3.8) is 0 Å². The number of hydrogen-bond donors (Lipinski definition) is 1. The second-order valence-electron chi connectivity index (χ2n) is 6.90. The van der Waals surface area contributed by atoms with E-state index in [1.807, 2.05) is 13.8 Å². The van der Waals surface area contributed by atoms with Crippen molar-refractivity contribution in [2.45, 2.75) is 52.8 Å². The molecular weight excluding hydrogens is 374 g/mol. The summed E-state index contributed by atoms with van der Waals surface area (Å²) >= 11 is 0. The molecule has 0 bridgehead atoms. The number of carbonyl (C=O) groups is 1. The van der Waals surface area contributed by atoms with E-state index in [9.17, 15) is 14.4 Å². The molecule has 0 spiro atoms. The van der Waals surface area contributed by atoms with Crippen LogP contribution < -0.4 is 16.0 Å². The van der Waals surface area contributed by atoms with Gasteiger partial charge in [0, 0.05) is 25.0 Å². The van der Waals surface area contributed by atoms with Crippen molar-refractivity contribution in [3.05, 3.63) is 57.4 Å². The molecule has 0 saturated heterocycles. The molecule has 0 aliphatic carbocycles. The van der Waals surface area contributed by atoms with Crippen molar-refractivity contribution in [2.75, 3.05) is 0 Å². The number of nitrogens with zero attached hydrogens (tertiary/aromatic N) is 3.